The highest BCUT2D eigenvalue weighted by Crippen LogP contribution is 2.24. The quantitative estimate of drug-likeness (QED) is 0.656. The Morgan fingerprint density at radius 1 is 0.846 bits per heavy atom. The number of para-hydroxylation sites is 1. The van der Waals surface area contributed by atoms with Crippen LogP contribution in [0.5, 0.6) is 0 Å². The summed E-state index contributed by atoms with van der Waals surface area (Å²) in [4.78, 5) is 23.9. The second-order valence-electron chi connectivity index (χ2n) is 6.12. The van der Waals surface area contributed by atoms with Gasteiger partial charge in [0.1, 0.15) is 0 Å². The Labute approximate surface area is 151 Å². The number of carboxylic acid groups (broad SMARTS) is 1. The van der Waals surface area contributed by atoms with Gasteiger partial charge in [-0.3, -0.25) is 4.79 Å². The highest BCUT2D eigenvalue weighted by atomic mass is 16.4. The molecule has 1 amide bonds. The fraction of sp³-hybridized carbons (Fsp3) is 0.0909. The Balaban J connectivity index is 1.92. The van der Waals surface area contributed by atoms with Crippen LogP contribution >= 0.6 is 0 Å². The van der Waals surface area contributed by atoms with E-state index in [9.17, 15) is 14.7 Å². The number of hydrogen-bond donors (Lipinski definition) is 2. The molecular formula is C22H19NO3. The highest BCUT2D eigenvalue weighted by Gasteiger charge is 2.14. The third-order valence-electron chi connectivity index (χ3n) is 4.49. The molecule has 2 N–H and O–H groups in total. The maximum atomic E-state index is 12.6. The van der Waals surface area contributed by atoms with E-state index in [0.717, 1.165) is 21.9 Å². The smallest absolute Gasteiger partial charge is 0.337 e. The summed E-state index contributed by atoms with van der Waals surface area (Å²) in [6.45, 7) is 3.63. The first kappa shape index (κ1) is 17.4. The van der Waals surface area contributed by atoms with Gasteiger partial charge < -0.3 is 10.4 Å². The molecule has 3 aromatic rings. The number of carboxylic acids is 1. The molecule has 0 saturated heterocycles. The minimum Gasteiger partial charge on any atom is -0.478 e. The van der Waals surface area contributed by atoms with Crippen molar-refractivity contribution in [2.24, 2.45) is 0 Å². The maximum absolute atomic E-state index is 12.6. The van der Waals surface area contributed by atoms with Crippen LogP contribution in [-0.4, -0.2) is 17.0 Å². The van der Waals surface area contributed by atoms with Crippen LogP contribution in [-0.2, 0) is 4.79 Å². The molecule has 0 aliphatic carbocycles. The van der Waals surface area contributed by atoms with Crippen LogP contribution in [0.2, 0.25) is 0 Å². The number of rotatable bonds is 4. The molecule has 0 unspecified atom stereocenters. The Morgan fingerprint density at radius 2 is 1.50 bits per heavy atom. The summed E-state index contributed by atoms with van der Waals surface area (Å²) in [5, 5.41) is 14.2. The number of allylic oxidation sites excluding steroid dienone is 1. The Bertz CT molecular complexity index is 1030. The van der Waals surface area contributed by atoms with E-state index in [2.05, 4.69) is 5.32 Å². The molecular weight excluding hydrogens is 326 g/mol. The number of benzene rings is 3. The van der Waals surface area contributed by atoms with Crippen molar-refractivity contribution in [2.75, 3.05) is 5.32 Å². The van der Waals surface area contributed by atoms with Crippen molar-refractivity contribution in [1.82, 2.24) is 0 Å². The SMILES string of the molecule is C/C(C(=O)Nc1ccccc1C(=O)O)=C(/C)c1ccc2ccccc2c1. The molecule has 4 nitrogen and oxygen atoms in total. The average molecular weight is 345 g/mol. The van der Waals surface area contributed by atoms with E-state index in [1.165, 1.54) is 6.07 Å². The van der Waals surface area contributed by atoms with Crippen molar-refractivity contribution < 1.29 is 14.7 Å². The summed E-state index contributed by atoms with van der Waals surface area (Å²) >= 11 is 0. The van der Waals surface area contributed by atoms with Crippen LogP contribution in [0.15, 0.2) is 72.3 Å². The molecule has 0 aliphatic heterocycles. The predicted octanol–water partition coefficient (Wildman–Crippen LogP) is 4.97. The van der Waals surface area contributed by atoms with E-state index < -0.39 is 5.97 Å². The van der Waals surface area contributed by atoms with Crippen molar-refractivity contribution in [3.8, 4) is 0 Å². The molecule has 0 atom stereocenters. The van der Waals surface area contributed by atoms with Gasteiger partial charge in [0.25, 0.3) is 5.91 Å². The van der Waals surface area contributed by atoms with E-state index in [4.69, 9.17) is 0 Å². The van der Waals surface area contributed by atoms with E-state index in [1.54, 1.807) is 25.1 Å². The average Bonchev–Trinajstić information content (AvgIpc) is 2.66. The summed E-state index contributed by atoms with van der Waals surface area (Å²) in [6.07, 6.45) is 0. The van der Waals surface area contributed by atoms with Crippen LogP contribution < -0.4 is 5.32 Å². The van der Waals surface area contributed by atoms with E-state index in [-0.39, 0.29) is 17.2 Å². The molecule has 0 bridgehead atoms. The first-order valence-corrected chi connectivity index (χ1v) is 8.27. The topological polar surface area (TPSA) is 66.4 Å². The summed E-state index contributed by atoms with van der Waals surface area (Å²) in [6, 6.07) is 20.5. The summed E-state index contributed by atoms with van der Waals surface area (Å²) < 4.78 is 0. The van der Waals surface area contributed by atoms with Gasteiger partial charge in [-0.1, -0.05) is 48.5 Å². The maximum Gasteiger partial charge on any atom is 0.337 e. The standard InChI is InChI=1S/C22H19NO3/c1-14(17-12-11-16-7-3-4-8-18(16)13-17)15(2)21(24)23-20-10-6-5-9-19(20)22(25)26/h3-13H,1-2H3,(H,23,24)(H,25,26)/b15-14+. The molecule has 0 saturated carbocycles. The predicted molar refractivity (Wildman–Crippen MR) is 104 cm³/mol. The number of amides is 1. The zero-order chi connectivity index (χ0) is 18.7. The Kier molecular flexibility index (Phi) is 4.85. The van der Waals surface area contributed by atoms with Crippen molar-refractivity contribution in [2.45, 2.75) is 13.8 Å². The summed E-state index contributed by atoms with van der Waals surface area (Å²) in [7, 11) is 0. The van der Waals surface area contributed by atoms with Gasteiger partial charge >= 0.3 is 5.97 Å². The first-order chi connectivity index (χ1) is 12.5. The van der Waals surface area contributed by atoms with Gasteiger partial charge in [0.2, 0.25) is 0 Å². The van der Waals surface area contributed by atoms with Gasteiger partial charge in [0.05, 0.1) is 11.3 Å². The minimum atomic E-state index is -1.08. The zero-order valence-corrected chi connectivity index (χ0v) is 14.6. The second-order valence-corrected chi connectivity index (χ2v) is 6.12. The fourth-order valence-electron chi connectivity index (χ4n) is 2.80. The van der Waals surface area contributed by atoms with Crippen LogP contribution in [0.3, 0.4) is 0 Å². The van der Waals surface area contributed by atoms with Crippen LogP contribution in [0.1, 0.15) is 29.8 Å². The monoisotopic (exact) mass is 345 g/mol. The van der Waals surface area contributed by atoms with E-state index in [0.29, 0.717) is 5.57 Å². The largest absolute Gasteiger partial charge is 0.478 e. The zero-order valence-electron chi connectivity index (χ0n) is 14.6. The third-order valence-corrected chi connectivity index (χ3v) is 4.49. The van der Waals surface area contributed by atoms with Crippen LogP contribution in [0.25, 0.3) is 16.3 Å². The lowest BCUT2D eigenvalue weighted by Gasteiger charge is -2.12. The van der Waals surface area contributed by atoms with E-state index >= 15 is 0 Å². The van der Waals surface area contributed by atoms with Gasteiger partial charge in [0.15, 0.2) is 0 Å². The molecule has 4 heteroatoms. The Hall–Kier alpha value is -3.40. The van der Waals surface area contributed by atoms with Gasteiger partial charge in [-0.2, -0.15) is 0 Å². The van der Waals surface area contributed by atoms with E-state index in [1.807, 2.05) is 49.4 Å². The molecule has 0 aliphatic rings. The summed E-state index contributed by atoms with van der Waals surface area (Å²) in [5.41, 5.74) is 2.71. The fourth-order valence-corrected chi connectivity index (χ4v) is 2.80. The number of nitrogens with one attached hydrogen (secondary N) is 1. The van der Waals surface area contributed by atoms with Gasteiger partial charge in [-0.15, -0.1) is 0 Å². The molecule has 0 spiro atoms. The van der Waals surface area contributed by atoms with Gasteiger partial charge in [-0.05, 0) is 54.0 Å². The summed E-state index contributed by atoms with van der Waals surface area (Å²) in [5.74, 6) is -1.39. The molecule has 0 fully saturated rings. The van der Waals surface area contributed by atoms with Crippen molar-refractivity contribution in [3.63, 3.8) is 0 Å². The molecule has 0 aromatic heterocycles. The molecule has 3 rings (SSSR count). The number of anilines is 1. The molecule has 0 radical (unpaired) electrons. The molecule has 130 valence electrons. The lowest BCUT2D eigenvalue weighted by molar-refractivity contribution is -0.112. The lowest BCUT2D eigenvalue weighted by atomic mass is 9.98. The first-order valence-electron chi connectivity index (χ1n) is 8.27. The number of hydrogen-bond acceptors (Lipinski definition) is 2. The van der Waals surface area contributed by atoms with Crippen molar-refractivity contribution >= 4 is 33.9 Å². The number of carbonyl (C=O) groups is 2. The van der Waals surface area contributed by atoms with Gasteiger partial charge in [0, 0.05) is 5.57 Å². The van der Waals surface area contributed by atoms with Crippen molar-refractivity contribution in [1.29, 1.82) is 0 Å². The van der Waals surface area contributed by atoms with Gasteiger partial charge in [-0.25, -0.2) is 4.79 Å². The van der Waals surface area contributed by atoms with Crippen LogP contribution in [0, 0.1) is 0 Å². The lowest BCUT2D eigenvalue weighted by Crippen LogP contribution is -2.16. The molecule has 3 aromatic carbocycles. The second kappa shape index (κ2) is 7.23. The minimum absolute atomic E-state index is 0.0667. The van der Waals surface area contributed by atoms with Crippen LogP contribution in [0.4, 0.5) is 5.69 Å². The Morgan fingerprint density at radius 3 is 2.23 bits per heavy atom. The normalized spacial score (nSPS) is 11.8. The number of aromatic carboxylic acids is 1. The third kappa shape index (κ3) is 3.49. The highest BCUT2D eigenvalue weighted by molar-refractivity contribution is 6.10. The van der Waals surface area contributed by atoms with Crippen molar-refractivity contribution in [3.05, 3.63) is 83.4 Å². The molecule has 0 heterocycles. The molecule has 26 heavy (non-hydrogen) atoms. The number of carbonyl (C=O) groups excluding carboxylic acids is 1. The number of fused-ring (bicyclic) bond motifs is 1.